The molecule has 0 spiro atoms. The molecule has 3 aromatic rings. The summed E-state index contributed by atoms with van der Waals surface area (Å²) in [6.07, 6.45) is -1.45. The smallest absolute Gasteiger partial charge is 0.408 e. The highest BCUT2D eigenvalue weighted by molar-refractivity contribution is 5.72. The fourth-order valence-electron chi connectivity index (χ4n) is 3.24. The van der Waals surface area contributed by atoms with Gasteiger partial charge in [0.25, 0.3) is 0 Å². The van der Waals surface area contributed by atoms with E-state index in [1.165, 1.54) is 6.07 Å². The van der Waals surface area contributed by atoms with Crippen LogP contribution in [-0.2, 0) is 10.3 Å². The number of amides is 1. The van der Waals surface area contributed by atoms with E-state index in [-0.39, 0.29) is 0 Å². The summed E-state index contributed by atoms with van der Waals surface area (Å²) in [5.41, 5.74) is 1.25. The number of alkyl carbamates (subject to hydrolysis) is 1. The summed E-state index contributed by atoms with van der Waals surface area (Å²) in [6.45, 7) is 1.77. The van der Waals surface area contributed by atoms with Crippen molar-refractivity contribution in [1.82, 2.24) is 10.3 Å². The van der Waals surface area contributed by atoms with E-state index < -0.39 is 23.6 Å². The zero-order valence-corrected chi connectivity index (χ0v) is 15.1. The van der Waals surface area contributed by atoms with Crippen LogP contribution in [-0.4, -0.2) is 11.1 Å². The molecule has 0 unspecified atom stereocenters. The van der Waals surface area contributed by atoms with Crippen LogP contribution in [0.3, 0.4) is 0 Å². The second kappa shape index (κ2) is 7.16. The molecule has 2 aromatic carbocycles. The minimum Gasteiger partial charge on any atom is -0.438 e. The van der Waals surface area contributed by atoms with E-state index in [0.717, 1.165) is 5.56 Å². The van der Waals surface area contributed by atoms with Gasteiger partial charge in [0.1, 0.15) is 17.1 Å². The van der Waals surface area contributed by atoms with Gasteiger partial charge in [-0.05, 0) is 43.2 Å². The molecule has 0 aliphatic carbocycles. The lowest BCUT2D eigenvalue weighted by atomic mass is 9.86. The summed E-state index contributed by atoms with van der Waals surface area (Å²) in [5, 5.41) is 2.78. The first kappa shape index (κ1) is 17.7. The molecular weight excluding hydrogens is 355 g/mol. The lowest BCUT2D eigenvalue weighted by Gasteiger charge is -2.28. The van der Waals surface area contributed by atoms with Crippen LogP contribution in [0.4, 0.5) is 9.18 Å². The Morgan fingerprint density at radius 2 is 1.75 bits per heavy atom. The van der Waals surface area contributed by atoms with Crippen molar-refractivity contribution in [2.24, 2.45) is 0 Å². The molecule has 1 amide bonds. The summed E-state index contributed by atoms with van der Waals surface area (Å²) in [4.78, 5) is 16.6. The van der Waals surface area contributed by atoms with Gasteiger partial charge in [0, 0.05) is 11.1 Å². The summed E-state index contributed by atoms with van der Waals surface area (Å²) in [7, 11) is 0. The van der Waals surface area contributed by atoms with E-state index >= 15 is 0 Å². The maximum atomic E-state index is 14.4. The van der Waals surface area contributed by atoms with Crippen LogP contribution in [0.2, 0.25) is 0 Å². The van der Waals surface area contributed by atoms with Crippen molar-refractivity contribution in [3.05, 3.63) is 101 Å². The Kier molecular flexibility index (Phi) is 4.54. The van der Waals surface area contributed by atoms with E-state index in [2.05, 4.69) is 22.1 Å². The topological polar surface area (TPSA) is 51.2 Å². The first-order chi connectivity index (χ1) is 13.6. The number of nitrogens with zero attached hydrogens (tertiary/aromatic N) is 1. The number of halogens is 1. The average Bonchev–Trinajstić information content (AvgIpc) is 3.03. The van der Waals surface area contributed by atoms with E-state index in [0.29, 0.717) is 17.0 Å². The highest BCUT2D eigenvalue weighted by atomic mass is 19.1. The third-order valence-electron chi connectivity index (χ3n) is 4.69. The number of benzene rings is 2. The largest absolute Gasteiger partial charge is 0.438 e. The molecule has 0 saturated carbocycles. The van der Waals surface area contributed by atoms with Crippen molar-refractivity contribution in [2.75, 3.05) is 0 Å². The maximum absolute atomic E-state index is 14.4. The average molecular weight is 372 g/mol. The summed E-state index contributed by atoms with van der Waals surface area (Å²) >= 11 is 0. The van der Waals surface area contributed by atoms with Crippen LogP contribution in [0, 0.1) is 17.7 Å². The van der Waals surface area contributed by atoms with Crippen molar-refractivity contribution < 1.29 is 13.9 Å². The molecule has 4 rings (SSSR count). The first-order valence-electron chi connectivity index (χ1n) is 8.84. The minimum absolute atomic E-state index is 0.297. The van der Waals surface area contributed by atoms with Crippen LogP contribution >= 0.6 is 0 Å². The highest BCUT2D eigenvalue weighted by Gasteiger charge is 2.49. The number of rotatable bonds is 2. The van der Waals surface area contributed by atoms with Gasteiger partial charge in [-0.3, -0.25) is 0 Å². The van der Waals surface area contributed by atoms with E-state index in [9.17, 15) is 9.18 Å². The third-order valence-corrected chi connectivity index (χ3v) is 4.69. The number of hydrogen-bond donors (Lipinski definition) is 1. The Morgan fingerprint density at radius 1 is 1.00 bits per heavy atom. The molecule has 2 atom stereocenters. The molecule has 1 aliphatic heterocycles. The quantitative estimate of drug-likeness (QED) is 0.682. The Hall–Kier alpha value is -3.65. The Labute approximate surface area is 162 Å². The van der Waals surface area contributed by atoms with Crippen molar-refractivity contribution in [3.8, 4) is 11.8 Å². The monoisotopic (exact) mass is 372 g/mol. The van der Waals surface area contributed by atoms with Gasteiger partial charge in [-0.2, -0.15) is 0 Å². The van der Waals surface area contributed by atoms with Gasteiger partial charge < -0.3 is 10.1 Å². The molecule has 138 valence electrons. The highest BCUT2D eigenvalue weighted by Crippen LogP contribution is 2.42. The molecule has 0 bridgehead atoms. The molecule has 4 nitrogen and oxygen atoms in total. The SMILES string of the molecule is C[C@@]1(c2cccc(C#Cc3ccccc3)n2)NC(=O)O[C@@H]1c1ccccc1F. The summed E-state index contributed by atoms with van der Waals surface area (Å²) in [5.74, 6) is 5.66. The molecule has 28 heavy (non-hydrogen) atoms. The van der Waals surface area contributed by atoms with Gasteiger partial charge in [0.05, 0.1) is 5.69 Å². The van der Waals surface area contributed by atoms with Gasteiger partial charge in [-0.15, -0.1) is 0 Å². The third kappa shape index (κ3) is 3.33. The fourth-order valence-corrected chi connectivity index (χ4v) is 3.24. The Morgan fingerprint density at radius 3 is 2.54 bits per heavy atom. The predicted molar refractivity (Wildman–Crippen MR) is 103 cm³/mol. The molecule has 0 radical (unpaired) electrons. The normalized spacial score (nSPS) is 20.6. The Bertz CT molecular complexity index is 1090. The number of carbonyl (C=O) groups excluding carboxylic acids is 1. The molecule has 2 heterocycles. The number of aromatic nitrogens is 1. The van der Waals surface area contributed by atoms with Crippen LogP contribution in [0.1, 0.15) is 35.5 Å². The lowest BCUT2D eigenvalue weighted by molar-refractivity contribution is 0.109. The van der Waals surface area contributed by atoms with Gasteiger partial charge in [-0.1, -0.05) is 48.4 Å². The molecule has 1 saturated heterocycles. The molecule has 5 heteroatoms. The molecule has 1 aromatic heterocycles. The number of carbonyl (C=O) groups is 1. The van der Waals surface area contributed by atoms with Crippen molar-refractivity contribution in [2.45, 2.75) is 18.6 Å². The number of pyridine rings is 1. The second-order valence-electron chi connectivity index (χ2n) is 6.66. The number of hydrogen-bond acceptors (Lipinski definition) is 3. The minimum atomic E-state index is -1.02. The Balaban J connectivity index is 1.72. The molecule has 1 fully saturated rings. The van der Waals surface area contributed by atoms with Crippen LogP contribution in [0.5, 0.6) is 0 Å². The van der Waals surface area contributed by atoms with Gasteiger partial charge in [0.2, 0.25) is 0 Å². The standard InChI is InChI=1S/C23H17FN2O2/c1-23(21(28-22(27)26-23)18-11-5-6-12-19(18)24)20-13-7-10-17(25-20)15-14-16-8-3-2-4-9-16/h2-13,21H,1H3,(H,26,27)/t21-,23+/m1/s1. The van der Waals surface area contributed by atoms with Gasteiger partial charge in [0.15, 0.2) is 6.10 Å². The first-order valence-corrected chi connectivity index (χ1v) is 8.84. The predicted octanol–water partition coefficient (Wildman–Crippen LogP) is 4.32. The van der Waals surface area contributed by atoms with E-state index in [1.807, 2.05) is 36.4 Å². The maximum Gasteiger partial charge on any atom is 0.408 e. The zero-order chi connectivity index (χ0) is 19.6. The van der Waals surface area contributed by atoms with Crippen LogP contribution in [0.15, 0.2) is 72.8 Å². The van der Waals surface area contributed by atoms with E-state index in [1.54, 1.807) is 37.3 Å². The van der Waals surface area contributed by atoms with Gasteiger partial charge >= 0.3 is 6.09 Å². The number of cyclic esters (lactones) is 1. The van der Waals surface area contributed by atoms with Gasteiger partial charge in [-0.25, -0.2) is 14.2 Å². The molecule has 1 aliphatic rings. The zero-order valence-electron chi connectivity index (χ0n) is 15.1. The summed E-state index contributed by atoms with van der Waals surface area (Å²) < 4.78 is 19.8. The second-order valence-corrected chi connectivity index (χ2v) is 6.66. The molecular formula is C23H17FN2O2. The lowest BCUT2D eigenvalue weighted by Crippen LogP contribution is -2.40. The van der Waals surface area contributed by atoms with Crippen molar-refractivity contribution >= 4 is 6.09 Å². The number of ether oxygens (including phenoxy) is 1. The molecule has 1 N–H and O–H groups in total. The van der Waals surface area contributed by atoms with Crippen LogP contribution in [0.25, 0.3) is 0 Å². The summed E-state index contributed by atoms with van der Waals surface area (Å²) in [6, 6.07) is 21.2. The van der Waals surface area contributed by atoms with Crippen LogP contribution < -0.4 is 5.32 Å². The fraction of sp³-hybridized carbons (Fsp3) is 0.130. The van der Waals surface area contributed by atoms with Crippen molar-refractivity contribution in [1.29, 1.82) is 0 Å². The number of nitrogens with one attached hydrogen (secondary N) is 1. The van der Waals surface area contributed by atoms with E-state index in [4.69, 9.17) is 4.74 Å². The van der Waals surface area contributed by atoms with Crippen molar-refractivity contribution in [3.63, 3.8) is 0 Å².